The molecular formula is C16H21ClFN5O2. The highest BCUT2D eigenvalue weighted by Gasteiger charge is 2.33. The molecule has 0 radical (unpaired) electrons. The Hall–Kier alpha value is -2.32. The van der Waals surface area contributed by atoms with E-state index in [0.717, 1.165) is 11.8 Å². The molecule has 0 atom stereocenters. The van der Waals surface area contributed by atoms with Crippen molar-refractivity contribution in [1.29, 1.82) is 5.41 Å². The Bertz CT molecular complexity index is 717. The van der Waals surface area contributed by atoms with Gasteiger partial charge < -0.3 is 14.9 Å². The highest BCUT2D eigenvalue weighted by molar-refractivity contribution is 6.14. The fraction of sp³-hybridized carbons (Fsp3) is 0.375. The minimum Gasteiger partial charge on any atom is -0.442 e. The van der Waals surface area contributed by atoms with Crippen LogP contribution in [0.2, 0.25) is 0 Å². The van der Waals surface area contributed by atoms with E-state index in [9.17, 15) is 9.18 Å². The van der Waals surface area contributed by atoms with Gasteiger partial charge in [-0.25, -0.2) is 19.2 Å². The zero-order chi connectivity index (χ0) is 18.8. The molecule has 2 rings (SSSR count). The predicted molar refractivity (Wildman–Crippen MR) is 96.2 cm³/mol. The van der Waals surface area contributed by atoms with Crippen LogP contribution in [0.3, 0.4) is 0 Å². The Morgan fingerprint density at radius 1 is 1.44 bits per heavy atom. The van der Waals surface area contributed by atoms with Crippen LogP contribution in [0.15, 0.2) is 30.2 Å². The highest BCUT2D eigenvalue weighted by atomic mass is 35.5. The largest absolute Gasteiger partial charge is 0.442 e. The van der Waals surface area contributed by atoms with E-state index in [-0.39, 0.29) is 0 Å². The van der Waals surface area contributed by atoms with E-state index in [2.05, 4.69) is 5.32 Å². The Kier molecular flexibility index (Phi) is 5.54. The van der Waals surface area contributed by atoms with Crippen LogP contribution in [0.4, 0.5) is 20.6 Å². The molecule has 0 saturated carbocycles. The van der Waals surface area contributed by atoms with Crippen LogP contribution < -0.4 is 15.2 Å². The lowest BCUT2D eigenvalue weighted by Crippen LogP contribution is -2.43. The molecule has 1 aliphatic heterocycles. The first-order chi connectivity index (χ1) is 11.6. The Labute approximate surface area is 151 Å². The molecule has 1 aliphatic rings. The average molecular weight is 370 g/mol. The third-order valence-electron chi connectivity index (χ3n) is 3.30. The van der Waals surface area contributed by atoms with Crippen molar-refractivity contribution in [1.82, 2.24) is 9.84 Å². The van der Waals surface area contributed by atoms with Crippen LogP contribution in [0, 0.1) is 5.41 Å². The van der Waals surface area contributed by atoms with Gasteiger partial charge in [0.1, 0.15) is 5.60 Å². The summed E-state index contributed by atoms with van der Waals surface area (Å²) in [5.74, 6) is -1.26. The molecule has 7 nitrogen and oxygen atoms in total. The molecule has 0 aliphatic carbocycles. The number of anilines is 2. The fourth-order valence-electron chi connectivity index (χ4n) is 2.36. The summed E-state index contributed by atoms with van der Waals surface area (Å²) in [6.07, 6.45) is 0.395. The van der Waals surface area contributed by atoms with Crippen LogP contribution in [-0.2, 0) is 11.3 Å². The number of amidine groups is 1. The number of hydrazine groups is 1. The lowest BCUT2D eigenvalue weighted by atomic mass is 10.1. The first kappa shape index (κ1) is 19.0. The van der Waals surface area contributed by atoms with Gasteiger partial charge >= 0.3 is 6.09 Å². The van der Waals surface area contributed by atoms with E-state index in [1.54, 1.807) is 51.0 Å². The number of amides is 1. The van der Waals surface area contributed by atoms with Gasteiger partial charge in [0.2, 0.25) is 0 Å². The standard InChI is InChI=1S/C16H21ClFN5O2/c1-16(2,3)25-15(24)23-13-6-5-11(7-10(13)9-22(23)4)21-14(19)12(18)8-20-17/h5-8,20H,9H2,1-4H3,(H2,19,21)/b12-8+. The number of ether oxygens (including phenoxy) is 1. The molecule has 1 aromatic rings. The van der Waals surface area contributed by atoms with Crippen molar-refractivity contribution in [3.8, 4) is 0 Å². The number of rotatable bonds is 3. The molecule has 0 spiro atoms. The van der Waals surface area contributed by atoms with E-state index < -0.39 is 23.4 Å². The fourth-order valence-corrected chi connectivity index (χ4v) is 2.46. The lowest BCUT2D eigenvalue weighted by molar-refractivity contribution is 0.0493. The van der Waals surface area contributed by atoms with Gasteiger partial charge in [-0.05, 0) is 44.5 Å². The topological polar surface area (TPSA) is 80.7 Å². The molecule has 3 N–H and O–H groups in total. The molecule has 25 heavy (non-hydrogen) atoms. The second-order valence-corrected chi connectivity index (χ2v) is 6.77. The highest BCUT2D eigenvalue weighted by Crippen LogP contribution is 2.33. The molecular weight excluding hydrogens is 349 g/mol. The predicted octanol–water partition coefficient (Wildman–Crippen LogP) is 3.73. The Morgan fingerprint density at radius 3 is 2.72 bits per heavy atom. The molecule has 9 heteroatoms. The van der Waals surface area contributed by atoms with Crippen molar-refractivity contribution >= 4 is 35.1 Å². The first-order valence-electron chi connectivity index (χ1n) is 7.57. The molecule has 0 unspecified atom stereocenters. The van der Waals surface area contributed by atoms with E-state index in [1.807, 2.05) is 4.84 Å². The van der Waals surface area contributed by atoms with Crippen molar-refractivity contribution in [2.75, 3.05) is 17.4 Å². The maximum atomic E-state index is 13.5. The van der Waals surface area contributed by atoms with Gasteiger partial charge in [0.25, 0.3) is 0 Å². The minimum atomic E-state index is -0.831. The molecule has 0 saturated heterocycles. The zero-order valence-electron chi connectivity index (χ0n) is 14.5. The van der Waals surface area contributed by atoms with E-state index in [0.29, 0.717) is 17.9 Å². The second kappa shape index (κ2) is 7.28. The van der Waals surface area contributed by atoms with Gasteiger partial charge in [-0.1, -0.05) is 0 Å². The van der Waals surface area contributed by atoms with Gasteiger partial charge in [-0.3, -0.25) is 5.41 Å². The minimum absolute atomic E-state index is 0.427. The second-order valence-electron chi connectivity index (χ2n) is 6.55. The van der Waals surface area contributed by atoms with Crippen molar-refractivity contribution in [2.45, 2.75) is 32.9 Å². The summed E-state index contributed by atoms with van der Waals surface area (Å²) >= 11 is 5.18. The summed E-state index contributed by atoms with van der Waals surface area (Å²) in [6.45, 7) is 5.90. The van der Waals surface area contributed by atoms with Gasteiger partial charge in [0.15, 0.2) is 11.7 Å². The van der Waals surface area contributed by atoms with Crippen LogP contribution in [0.25, 0.3) is 0 Å². The normalized spacial score (nSPS) is 15.0. The Balaban J connectivity index is 2.19. The molecule has 1 aromatic carbocycles. The van der Waals surface area contributed by atoms with Crippen molar-refractivity contribution in [2.24, 2.45) is 0 Å². The maximum absolute atomic E-state index is 13.5. The van der Waals surface area contributed by atoms with E-state index in [1.165, 1.54) is 5.01 Å². The third-order valence-corrected chi connectivity index (χ3v) is 3.41. The van der Waals surface area contributed by atoms with Crippen LogP contribution in [0.5, 0.6) is 0 Å². The van der Waals surface area contributed by atoms with Gasteiger partial charge in [0.05, 0.1) is 11.9 Å². The number of halogens is 2. The number of fused-ring (bicyclic) bond motifs is 1. The van der Waals surface area contributed by atoms with Gasteiger partial charge in [0, 0.05) is 31.1 Å². The number of nitrogens with one attached hydrogen (secondary N) is 3. The number of benzene rings is 1. The quantitative estimate of drug-likeness (QED) is 0.429. The van der Waals surface area contributed by atoms with Crippen LogP contribution in [-0.4, -0.2) is 29.6 Å². The SMILES string of the molecule is CN1Cc2cc(NC(=N)/C(F)=C\NCl)ccc2N1C(=O)OC(C)(C)C. The summed E-state index contributed by atoms with van der Waals surface area (Å²) in [5, 5.41) is 13.5. The molecule has 1 amide bonds. The van der Waals surface area contributed by atoms with Crippen molar-refractivity contribution in [3.05, 3.63) is 35.8 Å². The number of hydrogen-bond acceptors (Lipinski definition) is 5. The van der Waals surface area contributed by atoms with Gasteiger partial charge in [-0.15, -0.1) is 0 Å². The van der Waals surface area contributed by atoms with Gasteiger partial charge in [-0.2, -0.15) is 0 Å². The summed E-state index contributed by atoms with van der Waals surface area (Å²) < 4.78 is 18.9. The number of hydrogen-bond donors (Lipinski definition) is 3. The van der Waals surface area contributed by atoms with Crippen molar-refractivity contribution < 1.29 is 13.9 Å². The maximum Gasteiger partial charge on any atom is 0.429 e. The number of nitrogens with zero attached hydrogens (tertiary/aromatic N) is 2. The van der Waals surface area contributed by atoms with Crippen molar-refractivity contribution in [3.63, 3.8) is 0 Å². The number of carbonyl (C=O) groups is 1. The summed E-state index contributed by atoms with van der Waals surface area (Å²) in [6, 6.07) is 5.14. The summed E-state index contributed by atoms with van der Waals surface area (Å²) in [5.41, 5.74) is 1.47. The average Bonchev–Trinajstić information content (AvgIpc) is 2.80. The number of carbonyl (C=O) groups excluding carboxylic acids is 1. The Morgan fingerprint density at radius 2 is 2.12 bits per heavy atom. The van der Waals surface area contributed by atoms with Crippen LogP contribution in [0.1, 0.15) is 26.3 Å². The summed E-state index contributed by atoms with van der Waals surface area (Å²) in [4.78, 5) is 14.4. The molecule has 1 heterocycles. The first-order valence-corrected chi connectivity index (χ1v) is 7.95. The molecule has 0 aromatic heterocycles. The lowest BCUT2D eigenvalue weighted by Gasteiger charge is -2.28. The van der Waals surface area contributed by atoms with Crippen LogP contribution >= 0.6 is 11.8 Å². The van der Waals surface area contributed by atoms with E-state index in [4.69, 9.17) is 21.9 Å². The monoisotopic (exact) mass is 369 g/mol. The molecule has 0 fully saturated rings. The summed E-state index contributed by atoms with van der Waals surface area (Å²) in [7, 11) is 1.77. The molecule has 136 valence electrons. The zero-order valence-corrected chi connectivity index (χ0v) is 15.2. The smallest absolute Gasteiger partial charge is 0.429 e. The van der Waals surface area contributed by atoms with E-state index >= 15 is 0 Å². The molecule has 0 bridgehead atoms. The third kappa shape index (κ3) is 4.61.